The van der Waals surface area contributed by atoms with Crippen molar-refractivity contribution < 1.29 is 18.8 Å². The summed E-state index contributed by atoms with van der Waals surface area (Å²) in [6, 6.07) is 11.9. The molecule has 4 aromatic rings. The van der Waals surface area contributed by atoms with Crippen molar-refractivity contribution in [3.8, 4) is 5.75 Å². The molecule has 0 aliphatic carbocycles. The number of thiophene rings is 1. The lowest BCUT2D eigenvalue weighted by Gasteiger charge is -2.09. The van der Waals surface area contributed by atoms with Crippen molar-refractivity contribution in [2.24, 2.45) is 0 Å². The van der Waals surface area contributed by atoms with E-state index in [1.165, 1.54) is 48.8 Å². The molecule has 0 aliphatic rings. The zero-order valence-corrected chi connectivity index (χ0v) is 17.4. The van der Waals surface area contributed by atoms with Gasteiger partial charge in [0.15, 0.2) is 0 Å². The minimum Gasteiger partial charge on any atom is -0.495 e. The smallest absolute Gasteiger partial charge is 0.271 e. The number of methoxy groups -OCH3 is 1. The molecule has 31 heavy (non-hydrogen) atoms. The number of hydrogen-bond acceptors (Lipinski definition) is 6. The first kappa shape index (κ1) is 20.5. The summed E-state index contributed by atoms with van der Waals surface area (Å²) in [7, 11) is 1.42. The molecule has 2 aromatic heterocycles. The maximum atomic E-state index is 13.2. The fraction of sp³-hybridized carbons (Fsp3) is 0.143. The number of fused-ring (bicyclic) bond motifs is 1. The molecule has 0 radical (unpaired) electrons. The van der Waals surface area contributed by atoms with Crippen molar-refractivity contribution in [3.05, 3.63) is 80.6 Å². The number of benzene rings is 2. The van der Waals surface area contributed by atoms with Gasteiger partial charge in [-0.05, 0) is 36.8 Å². The van der Waals surface area contributed by atoms with E-state index in [1.807, 2.05) is 6.92 Å². The fourth-order valence-corrected chi connectivity index (χ4v) is 4.24. The molecule has 0 atom stereocenters. The third-order valence-electron chi connectivity index (χ3n) is 4.72. The number of ether oxygens (including phenoxy) is 1. The van der Waals surface area contributed by atoms with E-state index >= 15 is 0 Å². The van der Waals surface area contributed by atoms with Crippen molar-refractivity contribution in [1.29, 1.82) is 0 Å². The molecular weight excluding hydrogens is 423 g/mol. The zero-order chi connectivity index (χ0) is 22.1. The van der Waals surface area contributed by atoms with Gasteiger partial charge in [0.2, 0.25) is 0 Å². The van der Waals surface area contributed by atoms with E-state index in [2.05, 4.69) is 10.4 Å². The number of anilines is 1. The molecule has 0 saturated heterocycles. The van der Waals surface area contributed by atoms with Crippen LogP contribution in [0, 0.1) is 22.9 Å². The lowest BCUT2D eigenvalue weighted by atomic mass is 10.2. The van der Waals surface area contributed by atoms with Gasteiger partial charge in [0.25, 0.3) is 11.6 Å². The van der Waals surface area contributed by atoms with Crippen LogP contribution >= 0.6 is 11.3 Å². The highest BCUT2D eigenvalue weighted by molar-refractivity contribution is 7.20. The maximum absolute atomic E-state index is 13.2. The maximum Gasteiger partial charge on any atom is 0.271 e. The van der Waals surface area contributed by atoms with Gasteiger partial charge < -0.3 is 10.1 Å². The summed E-state index contributed by atoms with van der Waals surface area (Å²) in [4.78, 5) is 24.6. The van der Waals surface area contributed by atoms with E-state index in [0.29, 0.717) is 17.2 Å². The molecule has 0 fully saturated rings. The van der Waals surface area contributed by atoms with E-state index in [-0.39, 0.29) is 17.2 Å². The predicted molar refractivity (Wildman–Crippen MR) is 115 cm³/mol. The van der Waals surface area contributed by atoms with Crippen LogP contribution in [-0.4, -0.2) is 27.7 Å². The number of nitrogens with one attached hydrogen (secondary N) is 1. The summed E-state index contributed by atoms with van der Waals surface area (Å²) >= 11 is 1.26. The average molecular weight is 440 g/mol. The first-order chi connectivity index (χ1) is 14.9. The van der Waals surface area contributed by atoms with Crippen LogP contribution in [0.4, 0.5) is 15.8 Å². The number of non-ortho nitro benzene ring substituents is 1. The number of carbonyl (C=O) groups excluding carboxylic acids is 1. The van der Waals surface area contributed by atoms with E-state index in [4.69, 9.17) is 4.74 Å². The average Bonchev–Trinajstić information content (AvgIpc) is 3.31. The van der Waals surface area contributed by atoms with Crippen LogP contribution in [0.3, 0.4) is 0 Å². The Labute approximate surface area is 180 Å². The lowest BCUT2D eigenvalue weighted by molar-refractivity contribution is -0.384. The first-order valence-corrected chi connectivity index (χ1v) is 10.0. The highest BCUT2D eigenvalue weighted by Crippen LogP contribution is 2.32. The van der Waals surface area contributed by atoms with Gasteiger partial charge in [-0.3, -0.25) is 19.6 Å². The van der Waals surface area contributed by atoms with Gasteiger partial charge in [0.05, 0.1) is 34.8 Å². The van der Waals surface area contributed by atoms with Crippen LogP contribution in [0.15, 0.2) is 48.5 Å². The molecule has 0 saturated carbocycles. The van der Waals surface area contributed by atoms with Crippen molar-refractivity contribution in [2.75, 3.05) is 12.4 Å². The van der Waals surface area contributed by atoms with Gasteiger partial charge in [0, 0.05) is 17.5 Å². The summed E-state index contributed by atoms with van der Waals surface area (Å²) in [5.74, 6) is -0.399. The Bertz CT molecular complexity index is 1300. The van der Waals surface area contributed by atoms with Gasteiger partial charge in [-0.1, -0.05) is 12.1 Å². The second-order valence-electron chi connectivity index (χ2n) is 6.79. The number of halogens is 1. The Morgan fingerprint density at radius 2 is 2.00 bits per heavy atom. The largest absolute Gasteiger partial charge is 0.495 e. The van der Waals surface area contributed by atoms with Crippen LogP contribution in [0.5, 0.6) is 5.75 Å². The zero-order valence-electron chi connectivity index (χ0n) is 16.6. The second-order valence-corrected chi connectivity index (χ2v) is 7.83. The molecule has 1 N–H and O–H groups in total. The molecule has 8 nitrogen and oxygen atoms in total. The molecule has 0 spiro atoms. The first-order valence-electron chi connectivity index (χ1n) is 9.21. The molecule has 1 amide bonds. The number of aromatic nitrogens is 2. The quantitative estimate of drug-likeness (QED) is 0.344. The van der Waals surface area contributed by atoms with Crippen molar-refractivity contribution in [1.82, 2.24) is 9.78 Å². The monoisotopic (exact) mass is 440 g/mol. The number of amides is 1. The van der Waals surface area contributed by atoms with Crippen LogP contribution < -0.4 is 10.1 Å². The molecule has 2 aromatic carbocycles. The van der Waals surface area contributed by atoms with Gasteiger partial charge in [-0.2, -0.15) is 5.10 Å². The van der Waals surface area contributed by atoms with Crippen LogP contribution in [0.1, 0.15) is 20.9 Å². The fourth-order valence-electron chi connectivity index (χ4n) is 3.19. The summed E-state index contributed by atoms with van der Waals surface area (Å²) < 4.78 is 20.1. The van der Waals surface area contributed by atoms with Gasteiger partial charge in [0.1, 0.15) is 16.4 Å². The number of nitro groups is 1. The molecule has 158 valence electrons. The normalized spacial score (nSPS) is 10.9. The summed E-state index contributed by atoms with van der Waals surface area (Å²) in [6.07, 6.45) is 0. The Kier molecular flexibility index (Phi) is 5.38. The number of rotatable bonds is 6. The summed E-state index contributed by atoms with van der Waals surface area (Å²) in [5, 5.41) is 19.1. The van der Waals surface area contributed by atoms with Gasteiger partial charge in [-0.15, -0.1) is 11.3 Å². The summed E-state index contributed by atoms with van der Waals surface area (Å²) in [6.45, 7) is 2.28. The highest BCUT2D eigenvalue weighted by Gasteiger charge is 2.19. The third kappa shape index (κ3) is 4.10. The molecule has 0 bridgehead atoms. The topological polar surface area (TPSA) is 99.3 Å². The minimum absolute atomic E-state index is 0.154. The second kappa shape index (κ2) is 8.15. The Hall–Kier alpha value is -3.79. The van der Waals surface area contributed by atoms with Crippen LogP contribution in [0.25, 0.3) is 10.2 Å². The van der Waals surface area contributed by atoms with E-state index in [9.17, 15) is 19.3 Å². The number of hydrogen-bond donors (Lipinski definition) is 1. The molecule has 0 aliphatic heterocycles. The van der Waals surface area contributed by atoms with Crippen molar-refractivity contribution in [2.45, 2.75) is 13.5 Å². The number of carbonyl (C=O) groups is 1. The molecule has 0 unspecified atom stereocenters. The Balaban J connectivity index is 1.63. The van der Waals surface area contributed by atoms with Crippen molar-refractivity contribution >= 4 is 38.8 Å². The van der Waals surface area contributed by atoms with Gasteiger partial charge >= 0.3 is 0 Å². The Morgan fingerprint density at radius 3 is 2.68 bits per heavy atom. The number of nitro benzene ring substituents is 1. The highest BCUT2D eigenvalue weighted by atomic mass is 32.1. The Morgan fingerprint density at radius 1 is 1.26 bits per heavy atom. The molecular formula is C21H17FN4O4S. The molecule has 4 rings (SSSR count). The van der Waals surface area contributed by atoms with E-state index in [0.717, 1.165) is 21.5 Å². The standard InChI is InChI=1S/C21H17FN4O4S/c1-12-16-10-19(20(27)23-17-9-15(26(28)29)7-8-18(17)30-2)31-21(16)25(24-12)11-13-3-5-14(22)6-4-13/h3-10H,11H2,1-2H3,(H,23,27). The van der Waals surface area contributed by atoms with Crippen LogP contribution in [-0.2, 0) is 6.54 Å². The SMILES string of the molecule is COc1ccc([N+](=O)[O-])cc1NC(=O)c1cc2c(C)nn(Cc3ccc(F)cc3)c2s1. The lowest BCUT2D eigenvalue weighted by Crippen LogP contribution is -2.11. The third-order valence-corrected chi connectivity index (χ3v) is 5.87. The minimum atomic E-state index is -0.540. The number of aryl methyl sites for hydroxylation is 1. The van der Waals surface area contributed by atoms with E-state index < -0.39 is 10.8 Å². The number of nitrogens with zero attached hydrogens (tertiary/aromatic N) is 3. The van der Waals surface area contributed by atoms with Crippen molar-refractivity contribution in [3.63, 3.8) is 0 Å². The summed E-state index contributed by atoms with van der Waals surface area (Å²) in [5.41, 5.74) is 1.70. The molecule has 2 heterocycles. The van der Waals surface area contributed by atoms with Gasteiger partial charge in [-0.25, -0.2) is 4.39 Å². The van der Waals surface area contributed by atoms with Crippen LogP contribution in [0.2, 0.25) is 0 Å². The van der Waals surface area contributed by atoms with E-state index in [1.54, 1.807) is 22.9 Å². The predicted octanol–water partition coefficient (Wildman–Crippen LogP) is 4.76. The molecule has 10 heteroatoms.